The van der Waals surface area contributed by atoms with Crippen molar-refractivity contribution in [3.8, 4) is 0 Å². The van der Waals surface area contributed by atoms with E-state index in [1.165, 1.54) is 135 Å². The normalized spacial score (nSPS) is 12.5. The van der Waals surface area contributed by atoms with Gasteiger partial charge in [0.05, 0.1) is 6.61 Å². The van der Waals surface area contributed by atoms with Crippen LogP contribution in [0.15, 0.2) is 12.2 Å². The van der Waals surface area contributed by atoms with E-state index in [4.69, 9.17) is 19.3 Å². The largest absolute Gasteiger partial charge is 0.469 e. The smallest absolute Gasteiger partial charge is 0.462 e. The number of carbonyl (C=O) groups is 2. The van der Waals surface area contributed by atoms with Crippen molar-refractivity contribution >= 4 is 19.8 Å². The third kappa shape index (κ3) is 37.6. The minimum absolute atomic E-state index is 0.188. The first-order chi connectivity index (χ1) is 23.3. The Morgan fingerprint density at radius 1 is 0.521 bits per heavy atom. The number of ether oxygens (including phenoxy) is 2. The highest BCUT2D eigenvalue weighted by atomic mass is 31.2. The molecule has 0 spiro atoms. The molecular weight excluding hydrogens is 627 g/mol. The Morgan fingerprint density at radius 3 is 1.35 bits per heavy atom. The van der Waals surface area contributed by atoms with Crippen molar-refractivity contribution in [1.82, 2.24) is 0 Å². The van der Waals surface area contributed by atoms with Crippen molar-refractivity contribution in [3.63, 3.8) is 0 Å². The van der Waals surface area contributed by atoms with Crippen molar-refractivity contribution < 1.29 is 37.9 Å². The molecular formula is C39H75O8P. The molecule has 1 atom stereocenters. The fourth-order valence-electron chi connectivity index (χ4n) is 5.80. The van der Waals surface area contributed by atoms with Crippen LogP contribution in [-0.4, -0.2) is 41.0 Å². The summed E-state index contributed by atoms with van der Waals surface area (Å²) in [7, 11) is -4.75. The van der Waals surface area contributed by atoms with Crippen LogP contribution in [0.2, 0.25) is 0 Å². The Balaban J connectivity index is 3.95. The molecule has 2 N–H and O–H groups in total. The number of esters is 2. The van der Waals surface area contributed by atoms with Crippen LogP contribution in [0.4, 0.5) is 0 Å². The van der Waals surface area contributed by atoms with Gasteiger partial charge in [0, 0.05) is 12.8 Å². The van der Waals surface area contributed by atoms with E-state index >= 15 is 0 Å². The van der Waals surface area contributed by atoms with Gasteiger partial charge in [0.25, 0.3) is 0 Å². The van der Waals surface area contributed by atoms with E-state index in [2.05, 4.69) is 24.4 Å². The maximum Gasteiger partial charge on any atom is 0.469 e. The topological polar surface area (TPSA) is 119 Å². The summed E-state index contributed by atoms with van der Waals surface area (Å²) in [4.78, 5) is 42.7. The van der Waals surface area contributed by atoms with Gasteiger partial charge in [0.2, 0.25) is 0 Å². The van der Waals surface area contributed by atoms with Crippen molar-refractivity contribution in [2.24, 2.45) is 0 Å². The van der Waals surface area contributed by atoms with E-state index in [1.54, 1.807) is 0 Å². The Labute approximate surface area is 295 Å². The molecule has 0 unspecified atom stereocenters. The van der Waals surface area contributed by atoms with Crippen LogP contribution in [0.5, 0.6) is 0 Å². The van der Waals surface area contributed by atoms with Crippen LogP contribution in [-0.2, 0) is 28.2 Å². The van der Waals surface area contributed by atoms with Crippen LogP contribution >= 0.6 is 7.82 Å². The molecule has 0 heterocycles. The number of phosphoric ester groups is 1. The first-order valence-electron chi connectivity index (χ1n) is 20.0. The zero-order chi connectivity index (χ0) is 35.4. The van der Waals surface area contributed by atoms with Gasteiger partial charge in [-0.1, -0.05) is 180 Å². The fourth-order valence-corrected chi connectivity index (χ4v) is 6.16. The summed E-state index contributed by atoms with van der Waals surface area (Å²) >= 11 is 0. The summed E-state index contributed by atoms with van der Waals surface area (Å²) < 4.78 is 26.3. The molecule has 0 saturated carbocycles. The van der Waals surface area contributed by atoms with Gasteiger partial charge >= 0.3 is 19.8 Å². The van der Waals surface area contributed by atoms with Crippen molar-refractivity contribution in [3.05, 3.63) is 12.2 Å². The lowest BCUT2D eigenvalue weighted by molar-refractivity contribution is -0.161. The number of hydrogen-bond donors (Lipinski definition) is 2. The van der Waals surface area contributed by atoms with Gasteiger partial charge in [-0.2, -0.15) is 0 Å². The van der Waals surface area contributed by atoms with Crippen molar-refractivity contribution in [2.75, 3.05) is 13.2 Å². The quantitative estimate of drug-likeness (QED) is 0.0284. The predicted molar refractivity (Wildman–Crippen MR) is 198 cm³/mol. The molecule has 48 heavy (non-hydrogen) atoms. The second kappa shape index (κ2) is 35.6. The molecule has 0 radical (unpaired) electrons. The monoisotopic (exact) mass is 703 g/mol. The van der Waals surface area contributed by atoms with Crippen LogP contribution in [0.3, 0.4) is 0 Å². The fraction of sp³-hybridized carbons (Fsp3) is 0.897. The molecule has 0 aromatic rings. The Bertz CT molecular complexity index is 797. The Kier molecular flexibility index (Phi) is 34.7. The number of phosphoric acid groups is 1. The van der Waals surface area contributed by atoms with Crippen LogP contribution in [0.25, 0.3) is 0 Å². The highest BCUT2D eigenvalue weighted by Crippen LogP contribution is 2.36. The highest BCUT2D eigenvalue weighted by Gasteiger charge is 2.22. The average molecular weight is 703 g/mol. The third-order valence-corrected chi connectivity index (χ3v) is 9.28. The molecule has 0 saturated heterocycles. The second-order valence-corrected chi connectivity index (χ2v) is 14.9. The molecule has 0 aromatic carbocycles. The molecule has 0 fully saturated rings. The maximum atomic E-state index is 12.4. The van der Waals surface area contributed by atoms with E-state index in [-0.39, 0.29) is 19.4 Å². The van der Waals surface area contributed by atoms with Gasteiger partial charge in [0.1, 0.15) is 6.61 Å². The number of carbonyl (C=O) groups excluding carboxylic acids is 2. The molecule has 284 valence electrons. The molecule has 0 aliphatic rings. The molecule has 0 bridgehead atoms. The lowest BCUT2D eigenvalue weighted by Gasteiger charge is -2.18. The minimum Gasteiger partial charge on any atom is -0.462 e. The maximum absolute atomic E-state index is 12.4. The average Bonchev–Trinajstić information content (AvgIpc) is 3.05. The molecule has 0 amide bonds. The SMILES string of the molecule is CCCCCCCCCCCCC/C=C/CCC(=O)OC[C@H](COP(=O)(O)O)OC(=O)CCCCCCCCCCCCCCCCC. The summed E-state index contributed by atoms with van der Waals surface area (Å²) in [5, 5.41) is 0. The molecule has 0 rings (SSSR count). The molecule has 9 heteroatoms. The number of rotatable bonds is 37. The van der Waals surface area contributed by atoms with Crippen LogP contribution in [0, 0.1) is 0 Å². The molecule has 0 aromatic heterocycles. The van der Waals surface area contributed by atoms with E-state index < -0.39 is 32.5 Å². The first-order valence-corrected chi connectivity index (χ1v) is 21.5. The molecule has 0 aliphatic heterocycles. The number of allylic oxidation sites excluding steroid dienone is 2. The highest BCUT2D eigenvalue weighted by molar-refractivity contribution is 7.46. The lowest BCUT2D eigenvalue weighted by atomic mass is 10.0. The van der Waals surface area contributed by atoms with Gasteiger partial charge in [-0.05, 0) is 25.7 Å². The first kappa shape index (κ1) is 46.8. The van der Waals surface area contributed by atoms with E-state index in [1.807, 2.05) is 6.08 Å². The van der Waals surface area contributed by atoms with Crippen molar-refractivity contribution in [2.45, 2.75) is 213 Å². The van der Waals surface area contributed by atoms with Crippen molar-refractivity contribution in [1.29, 1.82) is 0 Å². The zero-order valence-corrected chi connectivity index (χ0v) is 32.0. The van der Waals surface area contributed by atoms with Crippen LogP contribution in [0.1, 0.15) is 206 Å². The minimum atomic E-state index is -4.75. The standard InChI is InChI=1S/C39H75O8P/c1-3-5-7-9-11-13-15-17-19-21-23-25-27-29-31-33-38(40)45-35-37(36-46-48(42,43)44)47-39(41)34-32-30-28-26-24-22-20-18-16-14-12-10-8-6-4-2/h27,29,37H,3-26,28,30-36H2,1-2H3,(H2,42,43,44)/b29-27+/t37-/m1/s1. The summed E-state index contributed by atoms with van der Waals surface area (Å²) in [6.45, 7) is 3.66. The van der Waals surface area contributed by atoms with E-state index in [0.717, 1.165) is 32.1 Å². The second-order valence-electron chi connectivity index (χ2n) is 13.6. The van der Waals surface area contributed by atoms with E-state index in [9.17, 15) is 14.2 Å². The Hall–Kier alpha value is -1.21. The van der Waals surface area contributed by atoms with Gasteiger partial charge in [-0.15, -0.1) is 0 Å². The van der Waals surface area contributed by atoms with Gasteiger partial charge in [-0.25, -0.2) is 4.57 Å². The number of hydrogen-bond acceptors (Lipinski definition) is 6. The summed E-state index contributed by atoms with van der Waals surface area (Å²) in [6.07, 6.45) is 38.0. The summed E-state index contributed by atoms with van der Waals surface area (Å²) in [5.41, 5.74) is 0. The third-order valence-electron chi connectivity index (χ3n) is 8.80. The number of unbranched alkanes of at least 4 members (excludes halogenated alkanes) is 25. The summed E-state index contributed by atoms with van der Waals surface area (Å²) in [5.74, 6) is -0.931. The van der Waals surface area contributed by atoms with Gasteiger partial charge in [0.15, 0.2) is 6.10 Å². The predicted octanol–water partition coefficient (Wildman–Crippen LogP) is 11.8. The van der Waals surface area contributed by atoms with Crippen LogP contribution < -0.4 is 0 Å². The molecule has 8 nitrogen and oxygen atoms in total. The molecule has 0 aliphatic carbocycles. The lowest BCUT2D eigenvalue weighted by Crippen LogP contribution is -2.29. The van der Waals surface area contributed by atoms with E-state index in [0.29, 0.717) is 12.8 Å². The Morgan fingerprint density at radius 2 is 0.917 bits per heavy atom. The summed E-state index contributed by atoms with van der Waals surface area (Å²) in [6, 6.07) is 0. The zero-order valence-electron chi connectivity index (χ0n) is 31.2. The van der Waals surface area contributed by atoms with Gasteiger partial charge in [-0.3, -0.25) is 14.1 Å². The van der Waals surface area contributed by atoms with Gasteiger partial charge < -0.3 is 19.3 Å².